The normalized spacial score (nSPS) is 9.81. The van der Waals surface area contributed by atoms with Gasteiger partial charge in [0.25, 0.3) is 0 Å². The second kappa shape index (κ2) is 7.83. The van der Waals surface area contributed by atoms with Crippen LogP contribution in [-0.2, 0) is 6.54 Å². The molecular formula is C21H16N4O. The van der Waals surface area contributed by atoms with Crippen molar-refractivity contribution in [2.24, 2.45) is 0 Å². The summed E-state index contributed by atoms with van der Waals surface area (Å²) < 4.78 is 7.10. The summed E-state index contributed by atoms with van der Waals surface area (Å²) in [5, 5.41) is 22.8. The maximum atomic E-state index is 9.08. The zero-order valence-corrected chi connectivity index (χ0v) is 14.3. The summed E-state index contributed by atoms with van der Waals surface area (Å²) in [7, 11) is 1.61. The lowest BCUT2D eigenvalue weighted by Crippen LogP contribution is -2.00. The van der Waals surface area contributed by atoms with Crippen LogP contribution >= 0.6 is 0 Å². The van der Waals surface area contributed by atoms with Gasteiger partial charge in [0.05, 0.1) is 19.3 Å². The van der Waals surface area contributed by atoms with Gasteiger partial charge >= 0.3 is 0 Å². The van der Waals surface area contributed by atoms with Crippen molar-refractivity contribution in [1.29, 1.82) is 10.5 Å². The second-order valence-corrected chi connectivity index (χ2v) is 5.63. The van der Waals surface area contributed by atoms with Crippen LogP contribution in [0.25, 0.3) is 17.3 Å². The maximum Gasteiger partial charge on any atom is 0.130 e. The molecule has 0 spiro atoms. The number of allylic oxidation sites excluding steroid dienone is 1. The largest absolute Gasteiger partial charge is 0.497 e. The number of hydrogen-bond acceptors (Lipinski definition) is 4. The van der Waals surface area contributed by atoms with Crippen LogP contribution < -0.4 is 4.74 Å². The fourth-order valence-electron chi connectivity index (χ4n) is 2.63. The SMILES string of the molecule is COc1cccc(-c2nn(Cc3ccccc3)cc2C=C(C#N)C#N)c1. The monoisotopic (exact) mass is 340 g/mol. The van der Waals surface area contributed by atoms with E-state index in [4.69, 9.17) is 15.3 Å². The first-order valence-electron chi connectivity index (χ1n) is 8.01. The first kappa shape index (κ1) is 17.0. The van der Waals surface area contributed by atoms with E-state index in [0.717, 1.165) is 16.9 Å². The fourth-order valence-corrected chi connectivity index (χ4v) is 2.63. The van der Waals surface area contributed by atoms with Gasteiger partial charge in [0, 0.05) is 17.3 Å². The molecule has 5 heteroatoms. The molecule has 26 heavy (non-hydrogen) atoms. The van der Waals surface area contributed by atoms with Gasteiger partial charge in [-0.05, 0) is 23.8 Å². The molecule has 0 aliphatic rings. The van der Waals surface area contributed by atoms with Gasteiger partial charge in [0.2, 0.25) is 0 Å². The molecule has 5 nitrogen and oxygen atoms in total. The summed E-state index contributed by atoms with van der Waals surface area (Å²) in [5.74, 6) is 0.718. The Hall–Kier alpha value is -3.83. The highest BCUT2D eigenvalue weighted by molar-refractivity contribution is 5.75. The Morgan fingerprint density at radius 3 is 2.58 bits per heavy atom. The van der Waals surface area contributed by atoms with Gasteiger partial charge in [-0.2, -0.15) is 15.6 Å². The van der Waals surface area contributed by atoms with Gasteiger partial charge in [0.1, 0.15) is 23.5 Å². The summed E-state index contributed by atoms with van der Waals surface area (Å²) in [5.41, 5.74) is 3.42. The zero-order chi connectivity index (χ0) is 18.4. The van der Waals surface area contributed by atoms with E-state index >= 15 is 0 Å². The Morgan fingerprint density at radius 2 is 1.88 bits per heavy atom. The van der Waals surface area contributed by atoms with Crippen LogP contribution in [0.3, 0.4) is 0 Å². The third kappa shape index (κ3) is 3.80. The molecule has 0 radical (unpaired) electrons. The highest BCUT2D eigenvalue weighted by Crippen LogP contribution is 2.27. The van der Waals surface area contributed by atoms with Crippen molar-refractivity contribution in [3.8, 4) is 29.1 Å². The predicted octanol–water partition coefficient (Wildman–Crippen LogP) is 4.04. The van der Waals surface area contributed by atoms with Crippen LogP contribution in [0.15, 0.2) is 66.4 Å². The third-order valence-electron chi connectivity index (χ3n) is 3.86. The van der Waals surface area contributed by atoms with E-state index in [1.165, 1.54) is 0 Å². The van der Waals surface area contributed by atoms with Gasteiger partial charge in [-0.1, -0.05) is 42.5 Å². The molecule has 3 rings (SSSR count). The third-order valence-corrected chi connectivity index (χ3v) is 3.86. The van der Waals surface area contributed by atoms with Crippen LogP contribution in [0.1, 0.15) is 11.1 Å². The molecule has 0 amide bonds. The van der Waals surface area contributed by atoms with Crippen molar-refractivity contribution in [3.63, 3.8) is 0 Å². The second-order valence-electron chi connectivity index (χ2n) is 5.63. The fraction of sp³-hybridized carbons (Fsp3) is 0.0952. The Kier molecular flexibility index (Phi) is 5.12. The molecule has 0 saturated carbocycles. The molecule has 3 aromatic rings. The Labute approximate surface area is 152 Å². The molecule has 0 bridgehead atoms. The van der Waals surface area contributed by atoms with Gasteiger partial charge in [0.15, 0.2) is 0 Å². The number of nitriles is 2. The minimum atomic E-state index is 0.0356. The average Bonchev–Trinajstić information content (AvgIpc) is 3.09. The van der Waals surface area contributed by atoms with Gasteiger partial charge in [-0.15, -0.1) is 0 Å². The molecule has 0 N–H and O–H groups in total. The van der Waals surface area contributed by atoms with Gasteiger partial charge in [-0.3, -0.25) is 4.68 Å². The molecule has 0 fully saturated rings. The standard InChI is InChI=1S/C21H16N4O/c1-26-20-9-5-8-18(11-20)21-19(10-17(12-22)13-23)15-25(24-21)14-16-6-3-2-4-7-16/h2-11,15H,14H2,1H3. The molecule has 0 atom stereocenters. The molecular weight excluding hydrogens is 324 g/mol. The van der Waals surface area contributed by atoms with E-state index in [9.17, 15) is 0 Å². The van der Waals surface area contributed by atoms with Crippen LogP contribution in [0.4, 0.5) is 0 Å². The molecule has 126 valence electrons. The molecule has 0 aliphatic carbocycles. The molecule has 0 saturated heterocycles. The number of benzene rings is 2. The molecule has 1 heterocycles. The van der Waals surface area contributed by atoms with E-state index in [2.05, 4.69) is 5.10 Å². The van der Waals surface area contributed by atoms with Crippen molar-refractivity contribution in [2.45, 2.75) is 6.54 Å². The summed E-state index contributed by atoms with van der Waals surface area (Å²) >= 11 is 0. The summed E-state index contributed by atoms with van der Waals surface area (Å²) in [6.07, 6.45) is 3.40. The van der Waals surface area contributed by atoms with E-state index in [-0.39, 0.29) is 5.57 Å². The number of aromatic nitrogens is 2. The first-order valence-corrected chi connectivity index (χ1v) is 8.01. The van der Waals surface area contributed by atoms with E-state index in [0.29, 0.717) is 17.8 Å². The van der Waals surface area contributed by atoms with Crippen LogP contribution in [0.5, 0.6) is 5.75 Å². The lowest BCUT2D eigenvalue weighted by Gasteiger charge is -2.03. The maximum absolute atomic E-state index is 9.08. The lowest BCUT2D eigenvalue weighted by atomic mass is 10.1. The van der Waals surface area contributed by atoms with Crippen LogP contribution in [0.2, 0.25) is 0 Å². The van der Waals surface area contributed by atoms with E-state index < -0.39 is 0 Å². The number of methoxy groups -OCH3 is 1. The number of rotatable bonds is 5. The Bertz CT molecular complexity index is 1000. The van der Waals surface area contributed by atoms with Crippen molar-refractivity contribution >= 4 is 6.08 Å². The van der Waals surface area contributed by atoms with Crippen molar-refractivity contribution in [1.82, 2.24) is 9.78 Å². The van der Waals surface area contributed by atoms with E-state index in [1.807, 2.05) is 77.6 Å². The average molecular weight is 340 g/mol. The van der Waals surface area contributed by atoms with Crippen molar-refractivity contribution in [2.75, 3.05) is 7.11 Å². The highest BCUT2D eigenvalue weighted by Gasteiger charge is 2.12. The quantitative estimate of drug-likeness (QED) is 0.657. The summed E-state index contributed by atoms with van der Waals surface area (Å²) in [6, 6.07) is 21.3. The minimum Gasteiger partial charge on any atom is -0.497 e. The molecule has 0 unspecified atom stereocenters. The lowest BCUT2D eigenvalue weighted by molar-refractivity contribution is 0.415. The van der Waals surface area contributed by atoms with E-state index in [1.54, 1.807) is 13.2 Å². The van der Waals surface area contributed by atoms with Crippen LogP contribution in [0, 0.1) is 22.7 Å². The van der Waals surface area contributed by atoms with Crippen molar-refractivity contribution in [3.05, 3.63) is 77.5 Å². The first-order chi connectivity index (χ1) is 12.7. The highest BCUT2D eigenvalue weighted by atomic mass is 16.5. The van der Waals surface area contributed by atoms with Gasteiger partial charge < -0.3 is 4.74 Å². The summed E-state index contributed by atoms with van der Waals surface area (Å²) in [6.45, 7) is 0.597. The smallest absolute Gasteiger partial charge is 0.130 e. The Balaban J connectivity index is 2.07. The molecule has 2 aromatic carbocycles. The van der Waals surface area contributed by atoms with Crippen LogP contribution in [-0.4, -0.2) is 16.9 Å². The Morgan fingerprint density at radius 1 is 1.12 bits per heavy atom. The zero-order valence-electron chi connectivity index (χ0n) is 14.3. The number of ether oxygens (including phenoxy) is 1. The molecule has 1 aromatic heterocycles. The van der Waals surface area contributed by atoms with Crippen molar-refractivity contribution < 1.29 is 4.74 Å². The molecule has 0 aliphatic heterocycles. The summed E-state index contributed by atoms with van der Waals surface area (Å²) in [4.78, 5) is 0. The number of hydrogen-bond donors (Lipinski definition) is 0. The minimum absolute atomic E-state index is 0.0356. The predicted molar refractivity (Wildman–Crippen MR) is 99.0 cm³/mol. The topological polar surface area (TPSA) is 74.6 Å². The number of nitrogens with zero attached hydrogens (tertiary/aromatic N) is 4. The van der Waals surface area contributed by atoms with Gasteiger partial charge in [-0.25, -0.2) is 0 Å².